The monoisotopic (exact) mass is 258 g/mol. The number of nitrogens with zero attached hydrogens (tertiary/aromatic N) is 2. The number of aliphatic carboxylic acids is 1. The molecule has 0 aliphatic carbocycles. The minimum Gasteiger partial charge on any atom is -0.480 e. The van der Waals surface area contributed by atoms with Crippen molar-refractivity contribution in [2.24, 2.45) is 0 Å². The maximum Gasteiger partial charge on any atom is 0.326 e. The van der Waals surface area contributed by atoms with Crippen LogP contribution in [0.3, 0.4) is 0 Å². The fourth-order valence-electron chi connectivity index (χ4n) is 2.76. The smallest absolute Gasteiger partial charge is 0.326 e. The van der Waals surface area contributed by atoms with E-state index in [9.17, 15) is 15.2 Å². The van der Waals surface area contributed by atoms with E-state index < -0.39 is 12.0 Å². The molecule has 0 radical (unpaired) electrons. The minimum absolute atomic E-state index is 0.518. The van der Waals surface area contributed by atoms with Gasteiger partial charge in [0.2, 0.25) is 0 Å². The summed E-state index contributed by atoms with van der Waals surface area (Å²) in [5, 5.41) is 18.7. The van der Waals surface area contributed by atoms with Gasteiger partial charge in [-0.2, -0.15) is 5.26 Å². The molecule has 0 spiro atoms. The molecule has 0 saturated carbocycles. The Bertz CT molecular complexity index is 519. The minimum atomic E-state index is -0.797. The summed E-state index contributed by atoms with van der Waals surface area (Å²) in [7, 11) is 0. The highest BCUT2D eigenvalue weighted by Crippen LogP contribution is 2.30. The summed E-state index contributed by atoms with van der Waals surface area (Å²) in [6.45, 7) is 2.64. The topological polar surface area (TPSA) is 64.3 Å². The predicted octanol–water partition coefficient (Wildman–Crippen LogP) is 2.70. The van der Waals surface area contributed by atoms with Crippen LogP contribution in [0.25, 0.3) is 0 Å². The van der Waals surface area contributed by atoms with E-state index in [1.165, 1.54) is 0 Å². The number of carbonyl (C=O) groups is 1. The van der Waals surface area contributed by atoms with E-state index in [-0.39, 0.29) is 0 Å². The molecule has 1 fully saturated rings. The first-order chi connectivity index (χ1) is 9.15. The van der Waals surface area contributed by atoms with E-state index in [4.69, 9.17) is 0 Å². The van der Waals surface area contributed by atoms with Gasteiger partial charge >= 0.3 is 5.97 Å². The van der Waals surface area contributed by atoms with Gasteiger partial charge in [-0.3, -0.25) is 0 Å². The van der Waals surface area contributed by atoms with Gasteiger partial charge in [-0.25, -0.2) is 4.79 Å². The molecular formula is C15H18N2O2. The number of anilines is 1. The van der Waals surface area contributed by atoms with Gasteiger partial charge in [-0.15, -0.1) is 0 Å². The number of para-hydroxylation sites is 1. The van der Waals surface area contributed by atoms with Crippen molar-refractivity contribution in [1.82, 2.24) is 0 Å². The van der Waals surface area contributed by atoms with Crippen molar-refractivity contribution in [1.29, 1.82) is 5.26 Å². The summed E-state index contributed by atoms with van der Waals surface area (Å²) in [5.41, 5.74) is 2.32. The zero-order valence-corrected chi connectivity index (χ0v) is 11.1. The lowest BCUT2D eigenvalue weighted by Gasteiger charge is -2.31. The van der Waals surface area contributed by atoms with Crippen molar-refractivity contribution in [3.8, 4) is 6.07 Å². The second-order valence-electron chi connectivity index (χ2n) is 4.98. The van der Waals surface area contributed by atoms with Gasteiger partial charge < -0.3 is 10.0 Å². The van der Waals surface area contributed by atoms with Gasteiger partial charge in [0.25, 0.3) is 0 Å². The van der Waals surface area contributed by atoms with E-state index >= 15 is 0 Å². The quantitative estimate of drug-likeness (QED) is 0.885. The molecule has 100 valence electrons. The summed E-state index contributed by atoms with van der Waals surface area (Å²) in [6, 6.07) is 7.19. The van der Waals surface area contributed by atoms with Crippen molar-refractivity contribution in [2.45, 2.75) is 38.6 Å². The largest absolute Gasteiger partial charge is 0.480 e. The van der Waals surface area contributed by atoms with Crippen LogP contribution in [0, 0.1) is 18.3 Å². The highest BCUT2D eigenvalue weighted by molar-refractivity contribution is 5.80. The van der Waals surface area contributed by atoms with E-state index in [2.05, 4.69) is 6.07 Å². The van der Waals surface area contributed by atoms with Gasteiger partial charge in [0.15, 0.2) is 0 Å². The number of hydrogen-bond acceptors (Lipinski definition) is 3. The average molecular weight is 258 g/mol. The number of carboxylic acid groups (broad SMARTS) is 1. The molecule has 1 heterocycles. The summed E-state index contributed by atoms with van der Waals surface area (Å²) in [6.07, 6.45) is 3.60. The van der Waals surface area contributed by atoms with Crippen LogP contribution in [0.2, 0.25) is 0 Å². The molecule has 1 aromatic rings. The van der Waals surface area contributed by atoms with Crippen molar-refractivity contribution < 1.29 is 9.90 Å². The van der Waals surface area contributed by atoms with Gasteiger partial charge in [0.05, 0.1) is 11.3 Å². The average Bonchev–Trinajstić information content (AvgIpc) is 2.63. The molecule has 1 atom stereocenters. The molecule has 1 unspecified atom stereocenters. The van der Waals surface area contributed by atoms with E-state index in [1.54, 1.807) is 6.07 Å². The van der Waals surface area contributed by atoms with Gasteiger partial charge in [0.1, 0.15) is 12.1 Å². The first kappa shape index (κ1) is 13.4. The zero-order chi connectivity index (χ0) is 13.8. The molecule has 0 amide bonds. The SMILES string of the molecule is Cc1cccc(C#N)c1N1CCCCCC1C(=O)O. The van der Waals surface area contributed by atoms with Crippen molar-refractivity contribution in [3.63, 3.8) is 0 Å². The third-order valence-corrected chi connectivity index (χ3v) is 3.68. The number of rotatable bonds is 2. The number of carboxylic acids is 1. The van der Waals surface area contributed by atoms with Crippen LogP contribution >= 0.6 is 0 Å². The third-order valence-electron chi connectivity index (χ3n) is 3.68. The second kappa shape index (κ2) is 5.75. The molecule has 0 aromatic heterocycles. The van der Waals surface area contributed by atoms with Crippen molar-refractivity contribution >= 4 is 11.7 Å². The lowest BCUT2D eigenvalue weighted by Crippen LogP contribution is -2.41. The highest BCUT2D eigenvalue weighted by atomic mass is 16.4. The summed E-state index contributed by atoms with van der Waals surface area (Å²) >= 11 is 0. The lowest BCUT2D eigenvalue weighted by molar-refractivity contribution is -0.138. The van der Waals surface area contributed by atoms with Crippen LogP contribution in [0.5, 0.6) is 0 Å². The molecule has 4 nitrogen and oxygen atoms in total. The summed E-state index contributed by atoms with van der Waals surface area (Å²) in [5.74, 6) is -0.797. The molecule has 19 heavy (non-hydrogen) atoms. The number of nitriles is 1. The molecular weight excluding hydrogens is 240 g/mol. The maximum absolute atomic E-state index is 11.5. The van der Waals surface area contributed by atoms with Crippen LogP contribution < -0.4 is 4.90 Å². The van der Waals surface area contributed by atoms with Crippen LogP contribution in [0.15, 0.2) is 18.2 Å². The van der Waals surface area contributed by atoms with E-state index in [0.717, 1.165) is 30.5 Å². The molecule has 0 bridgehead atoms. The predicted molar refractivity (Wildman–Crippen MR) is 73.1 cm³/mol. The first-order valence-corrected chi connectivity index (χ1v) is 6.64. The van der Waals surface area contributed by atoms with Crippen LogP contribution in [-0.2, 0) is 4.79 Å². The van der Waals surface area contributed by atoms with Gasteiger partial charge in [-0.05, 0) is 31.4 Å². The standard InChI is InChI=1S/C15H18N2O2/c1-11-6-5-7-12(10-16)14(11)17-9-4-2-3-8-13(17)15(18)19/h5-7,13H,2-4,8-9H2,1H3,(H,18,19). The fraction of sp³-hybridized carbons (Fsp3) is 0.467. The van der Waals surface area contributed by atoms with E-state index in [1.807, 2.05) is 24.0 Å². The Labute approximate surface area is 113 Å². The number of hydrogen-bond donors (Lipinski definition) is 1. The van der Waals surface area contributed by atoms with Crippen molar-refractivity contribution in [2.75, 3.05) is 11.4 Å². The second-order valence-corrected chi connectivity index (χ2v) is 4.98. The Morgan fingerprint density at radius 1 is 1.42 bits per heavy atom. The molecule has 1 aliphatic heterocycles. The Kier molecular flexibility index (Phi) is 4.06. The lowest BCUT2D eigenvalue weighted by atomic mass is 10.0. The van der Waals surface area contributed by atoms with Gasteiger partial charge in [0, 0.05) is 6.54 Å². The third kappa shape index (κ3) is 2.70. The Balaban J connectivity index is 2.48. The van der Waals surface area contributed by atoms with Crippen LogP contribution in [0.1, 0.15) is 36.8 Å². The van der Waals surface area contributed by atoms with Crippen LogP contribution in [-0.4, -0.2) is 23.7 Å². The van der Waals surface area contributed by atoms with Gasteiger partial charge in [-0.1, -0.05) is 25.0 Å². The first-order valence-electron chi connectivity index (χ1n) is 6.64. The maximum atomic E-state index is 11.5. The molecule has 1 N–H and O–H groups in total. The fourth-order valence-corrected chi connectivity index (χ4v) is 2.76. The molecule has 1 aliphatic rings. The Hall–Kier alpha value is -2.02. The molecule has 4 heteroatoms. The Morgan fingerprint density at radius 2 is 2.21 bits per heavy atom. The summed E-state index contributed by atoms with van der Waals surface area (Å²) < 4.78 is 0. The Morgan fingerprint density at radius 3 is 2.89 bits per heavy atom. The zero-order valence-electron chi connectivity index (χ0n) is 11.1. The van der Waals surface area contributed by atoms with E-state index in [0.29, 0.717) is 18.5 Å². The number of benzene rings is 1. The molecule has 1 aromatic carbocycles. The van der Waals surface area contributed by atoms with Crippen LogP contribution in [0.4, 0.5) is 5.69 Å². The number of aryl methyl sites for hydroxylation is 1. The normalized spacial score (nSPS) is 19.6. The van der Waals surface area contributed by atoms with Crippen molar-refractivity contribution in [3.05, 3.63) is 29.3 Å². The molecule has 1 saturated heterocycles. The molecule has 2 rings (SSSR count). The summed E-state index contributed by atoms with van der Waals surface area (Å²) in [4.78, 5) is 13.4. The highest BCUT2D eigenvalue weighted by Gasteiger charge is 2.29.